The summed E-state index contributed by atoms with van der Waals surface area (Å²) in [5.41, 5.74) is 6.64. The summed E-state index contributed by atoms with van der Waals surface area (Å²) in [5, 5.41) is 0. The SMILES string of the molecule is NC1CCCC(Cc2cc(F)cc(F)c2)C1. The molecule has 0 aromatic heterocycles. The molecule has 2 rings (SSSR count). The van der Waals surface area contributed by atoms with E-state index in [0.717, 1.165) is 43.7 Å². The van der Waals surface area contributed by atoms with E-state index in [9.17, 15) is 8.78 Å². The molecule has 1 fully saturated rings. The molecule has 0 bridgehead atoms. The van der Waals surface area contributed by atoms with Crippen molar-refractivity contribution in [2.45, 2.75) is 38.1 Å². The van der Waals surface area contributed by atoms with Gasteiger partial charge in [-0.25, -0.2) is 8.78 Å². The summed E-state index contributed by atoms with van der Waals surface area (Å²) in [6.45, 7) is 0. The molecule has 1 saturated carbocycles. The molecule has 0 aliphatic heterocycles. The summed E-state index contributed by atoms with van der Waals surface area (Å²) < 4.78 is 26.0. The van der Waals surface area contributed by atoms with Crippen molar-refractivity contribution < 1.29 is 8.78 Å². The lowest BCUT2D eigenvalue weighted by Crippen LogP contribution is -2.28. The Morgan fingerprint density at radius 2 is 1.81 bits per heavy atom. The highest BCUT2D eigenvalue weighted by Crippen LogP contribution is 2.26. The Labute approximate surface area is 94.7 Å². The zero-order valence-corrected chi connectivity index (χ0v) is 9.26. The molecule has 0 heterocycles. The summed E-state index contributed by atoms with van der Waals surface area (Å²) in [4.78, 5) is 0. The number of hydrogen-bond acceptors (Lipinski definition) is 1. The largest absolute Gasteiger partial charge is 0.328 e. The van der Waals surface area contributed by atoms with E-state index in [2.05, 4.69) is 0 Å². The number of rotatable bonds is 2. The molecule has 1 aliphatic carbocycles. The molecule has 1 aromatic rings. The van der Waals surface area contributed by atoms with Gasteiger partial charge in [0, 0.05) is 12.1 Å². The number of nitrogens with two attached hydrogens (primary N) is 1. The van der Waals surface area contributed by atoms with Crippen LogP contribution in [0.2, 0.25) is 0 Å². The van der Waals surface area contributed by atoms with Gasteiger partial charge in [0.1, 0.15) is 11.6 Å². The van der Waals surface area contributed by atoms with Crippen molar-refractivity contribution in [2.24, 2.45) is 11.7 Å². The van der Waals surface area contributed by atoms with Gasteiger partial charge in [0.05, 0.1) is 0 Å². The van der Waals surface area contributed by atoms with E-state index in [1.807, 2.05) is 0 Å². The topological polar surface area (TPSA) is 26.0 Å². The molecule has 1 aromatic carbocycles. The minimum Gasteiger partial charge on any atom is -0.328 e. The fraction of sp³-hybridized carbons (Fsp3) is 0.538. The normalized spacial score (nSPS) is 25.7. The second-order valence-electron chi connectivity index (χ2n) is 4.77. The van der Waals surface area contributed by atoms with E-state index >= 15 is 0 Å². The smallest absolute Gasteiger partial charge is 0.126 e. The third-order valence-corrected chi connectivity index (χ3v) is 3.27. The Morgan fingerprint density at radius 3 is 2.44 bits per heavy atom. The van der Waals surface area contributed by atoms with Crippen LogP contribution in [0.15, 0.2) is 18.2 Å². The average molecular weight is 225 g/mol. The first-order valence-corrected chi connectivity index (χ1v) is 5.84. The van der Waals surface area contributed by atoms with Gasteiger partial charge in [-0.1, -0.05) is 12.8 Å². The van der Waals surface area contributed by atoms with Gasteiger partial charge in [-0.3, -0.25) is 0 Å². The molecule has 0 amide bonds. The molecule has 2 unspecified atom stereocenters. The van der Waals surface area contributed by atoms with Gasteiger partial charge in [0.15, 0.2) is 0 Å². The van der Waals surface area contributed by atoms with Gasteiger partial charge in [-0.05, 0) is 42.9 Å². The fourth-order valence-corrected chi connectivity index (χ4v) is 2.58. The molecule has 2 atom stereocenters. The summed E-state index contributed by atoms with van der Waals surface area (Å²) >= 11 is 0. The van der Waals surface area contributed by atoms with Crippen LogP contribution in [0.3, 0.4) is 0 Å². The van der Waals surface area contributed by atoms with Crippen LogP contribution in [0.4, 0.5) is 8.78 Å². The summed E-state index contributed by atoms with van der Waals surface area (Å²) in [6.07, 6.45) is 5.03. The minimum absolute atomic E-state index is 0.261. The minimum atomic E-state index is -0.491. The maximum absolute atomic E-state index is 13.0. The molecule has 2 N–H and O–H groups in total. The van der Waals surface area contributed by atoms with Crippen LogP contribution >= 0.6 is 0 Å². The van der Waals surface area contributed by atoms with Gasteiger partial charge >= 0.3 is 0 Å². The average Bonchev–Trinajstić information content (AvgIpc) is 2.15. The van der Waals surface area contributed by atoms with Crippen LogP contribution < -0.4 is 5.73 Å². The zero-order chi connectivity index (χ0) is 11.5. The highest BCUT2D eigenvalue weighted by atomic mass is 19.1. The highest BCUT2D eigenvalue weighted by Gasteiger charge is 2.19. The first kappa shape index (κ1) is 11.5. The Balaban J connectivity index is 2.02. The van der Waals surface area contributed by atoms with Crippen molar-refractivity contribution >= 4 is 0 Å². The van der Waals surface area contributed by atoms with Gasteiger partial charge in [0.25, 0.3) is 0 Å². The Kier molecular flexibility index (Phi) is 3.54. The summed E-state index contributed by atoms with van der Waals surface area (Å²) in [6, 6.07) is 4.01. The summed E-state index contributed by atoms with van der Waals surface area (Å²) in [7, 11) is 0. The van der Waals surface area contributed by atoms with Crippen molar-refractivity contribution in [2.75, 3.05) is 0 Å². The Morgan fingerprint density at radius 1 is 1.12 bits per heavy atom. The van der Waals surface area contributed by atoms with Crippen LogP contribution in [0, 0.1) is 17.6 Å². The molecular weight excluding hydrogens is 208 g/mol. The van der Waals surface area contributed by atoms with Crippen molar-refractivity contribution in [3.8, 4) is 0 Å². The van der Waals surface area contributed by atoms with Gasteiger partial charge in [0.2, 0.25) is 0 Å². The molecule has 1 nitrogen and oxygen atoms in total. The summed E-state index contributed by atoms with van der Waals surface area (Å²) in [5.74, 6) is -0.504. The van der Waals surface area contributed by atoms with Crippen molar-refractivity contribution in [1.82, 2.24) is 0 Å². The monoisotopic (exact) mass is 225 g/mol. The molecule has 88 valence electrons. The van der Waals surface area contributed by atoms with Gasteiger partial charge in [-0.2, -0.15) is 0 Å². The Bertz CT molecular complexity index is 345. The second kappa shape index (κ2) is 4.91. The molecule has 0 radical (unpaired) electrons. The van der Waals surface area contributed by atoms with Crippen molar-refractivity contribution in [1.29, 1.82) is 0 Å². The van der Waals surface area contributed by atoms with Crippen LogP contribution in [-0.4, -0.2) is 6.04 Å². The van der Waals surface area contributed by atoms with Crippen LogP contribution in [-0.2, 0) is 6.42 Å². The quantitative estimate of drug-likeness (QED) is 0.822. The number of hydrogen-bond donors (Lipinski definition) is 1. The van der Waals surface area contributed by atoms with E-state index in [0.29, 0.717) is 5.92 Å². The molecule has 16 heavy (non-hydrogen) atoms. The first-order valence-electron chi connectivity index (χ1n) is 5.84. The first-order chi connectivity index (χ1) is 7.63. The Hall–Kier alpha value is -0.960. The lowest BCUT2D eigenvalue weighted by molar-refractivity contribution is 0.320. The van der Waals surface area contributed by atoms with Crippen molar-refractivity contribution in [3.63, 3.8) is 0 Å². The van der Waals surface area contributed by atoms with Crippen LogP contribution in [0.1, 0.15) is 31.2 Å². The van der Waals surface area contributed by atoms with Crippen molar-refractivity contribution in [3.05, 3.63) is 35.4 Å². The standard InChI is InChI=1S/C13H17F2N/c14-11-5-10(6-12(15)8-11)4-9-2-1-3-13(16)7-9/h5-6,8-9,13H,1-4,7,16H2. The lowest BCUT2D eigenvalue weighted by Gasteiger charge is -2.26. The fourth-order valence-electron chi connectivity index (χ4n) is 2.58. The van der Waals surface area contributed by atoms with Crippen LogP contribution in [0.5, 0.6) is 0 Å². The second-order valence-corrected chi connectivity index (χ2v) is 4.77. The van der Waals surface area contributed by atoms with E-state index in [1.165, 1.54) is 12.1 Å². The molecule has 0 saturated heterocycles. The molecular formula is C13H17F2N. The van der Waals surface area contributed by atoms with Crippen LogP contribution in [0.25, 0.3) is 0 Å². The lowest BCUT2D eigenvalue weighted by atomic mass is 9.82. The number of benzene rings is 1. The van der Waals surface area contributed by atoms with E-state index < -0.39 is 11.6 Å². The number of halogens is 2. The third kappa shape index (κ3) is 3.01. The predicted octanol–water partition coefficient (Wildman–Crippen LogP) is 3.02. The van der Waals surface area contributed by atoms with Gasteiger partial charge < -0.3 is 5.73 Å². The zero-order valence-electron chi connectivity index (χ0n) is 9.26. The highest BCUT2D eigenvalue weighted by molar-refractivity contribution is 5.18. The van der Waals surface area contributed by atoms with E-state index in [-0.39, 0.29) is 6.04 Å². The molecule has 3 heteroatoms. The maximum Gasteiger partial charge on any atom is 0.126 e. The predicted molar refractivity (Wildman–Crippen MR) is 60.0 cm³/mol. The molecule has 1 aliphatic rings. The van der Waals surface area contributed by atoms with E-state index in [4.69, 9.17) is 5.73 Å². The van der Waals surface area contributed by atoms with Gasteiger partial charge in [-0.15, -0.1) is 0 Å². The third-order valence-electron chi connectivity index (χ3n) is 3.27. The molecule has 0 spiro atoms. The maximum atomic E-state index is 13.0. The van der Waals surface area contributed by atoms with E-state index in [1.54, 1.807) is 0 Å².